The van der Waals surface area contributed by atoms with Crippen LogP contribution in [0.25, 0.3) is 10.9 Å². The molecule has 0 bridgehead atoms. The Kier molecular flexibility index (Phi) is 5.15. The molecule has 1 atom stereocenters. The topological polar surface area (TPSA) is 101 Å². The van der Waals surface area contributed by atoms with Crippen molar-refractivity contribution in [2.24, 2.45) is 0 Å². The molecule has 0 unspecified atom stereocenters. The molecule has 4 heterocycles. The number of anilines is 2. The first-order valence-corrected chi connectivity index (χ1v) is 10.9. The molecule has 1 saturated heterocycles. The predicted octanol–water partition coefficient (Wildman–Crippen LogP) is 2.61. The van der Waals surface area contributed by atoms with Gasteiger partial charge in [-0.1, -0.05) is 0 Å². The molecule has 0 amide bonds. The normalized spacial score (nSPS) is 18.2. The number of hydrogen-bond acceptors (Lipinski definition) is 7. The van der Waals surface area contributed by atoms with Gasteiger partial charge in [0.05, 0.1) is 35.0 Å². The van der Waals surface area contributed by atoms with Gasteiger partial charge in [-0.15, -0.1) is 0 Å². The number of carbonyl (C=O) groups is 1. The molecule has 0 aliphatic carbocycles. The number of rotatable bonds is 3. The van der Waals surface area contributed by atoms with Gasteiger partial charge in [-0.25, -0.2) is 14.2 Å². The van der Waals surface area contributed by atoms with Gasteiger partial charge in [-0.3, -0.25) is 9.78 Å². The maximum absolute atomic E-state index is 15.5. The van der Waals surface area contributed by atoms with Crippen molar-refractivity contribution in [1.29, 1.82) is 0 Å². The van der Waals surface area contributed by atoms with Gasteiger partial charge in [0.2, 0.25) is 5.43 Å². The van der Waals surface area contributed by atoms with E-state index < -0.39 is 17.2 Å². The van der Waals surface area contributed by atoms with E-state index in [4.69, 9.17) is 4.74 Å². The molecule has 0 saturated carbocycles. The lowest BCUT2D eigenvalue weighted by molar-refractivity contribution is 0.0694. The molecule has 0 spiro atoms. The van der Waals surface area contributed by atoms with E-state index >= 15 is 4.39 Å². The summed E-state index contributed by atoms with van der Waals surface area (Å²) in [4.78, 5) is 37.2. The highest BCUT2D eigenvalue weighted by molar-refractivity contribution is 5.97. The number of hydrogen-bond donors (Lipinski definition) is 1. The third kappa shape index (κ3) is 3.55. The molecule has 2 aliphatic rings. The van der Waals surface area contributed by atoms with Crippen molar-refractivity contribution in [2.75, 3.05) is 42.6 Å². The van der Waals surface area contributed by atoms with Crippen molar-refractivity contribution in [3.05, 3.63) is 52.0 Å². The van der Waals surface area contributed by atoms with Crippen LogP contribution in [0.15, 0.2) is 29.5 Å². The van der Waals surface area contributed by atoms with Crippen molar-refractivity contribution in [3.8, 4) is 5.75 Å². The van der Waals surface area contributed by atoms with E-state index in [0.717, 1.165) is 30.5 Å². The molecule has 172 valence electrons. The van der Waals surface area contributed by atoms with E-state index in [1.165, 1.54) is 6.20 Å². The summed E-state index contributed by atoms with van der Waals surface area (Å²) < 4.78 is 23.1. The van der Waals surface area contributed by atoms with Crippen LogP contribution in [-0.2, 0) is 0 Å². The van der Waals surface area contributed by atoms with Crippen LogP contribution in [0.5, 0.6) is 5.75 Å². The number of carboxylic acid groups (broad SMARTS) is 1. The second kappa shape index (κ2) is 8.02. The van der Waals surface area contributed by atoms with Gasteiger partial charge in [0.25, 0.3) is 0 Å². The van der Waals surface area contributed by atoms with Crippen LogP contribution in [0.1, 0.15) is 35.4 Å². The van der Waals surface area contributed by atoms with E-state index in [9.17, 15) is 14.7 Å². The molecule has 1 aromatic carbocycles. The molecule has 10 heteroatoms. The third-order valence-electron chi connectivity index (χ3n) is 6.28. The van der Waals surface area contributed by atoms with Crippen molar-refractivity contribution < 1.29 is 19.0 Å². The summed E-state index contributed by atoms with van der Waals surface area (Å²) in [7, 11) is 0. The zero-order chi connectivity index (χ0) is 23.3. The van der Waals surface area contributed by atoms with Crippen LogP contribution < -0.4 is 20.0 Å². The lowest BCUT2D eigenvalue weighted by Crippen LogP contribution is -2.33. The first-order valence-electron chi connectivity index (χ1n) is 10.9. The number of ether oxygens (including phenoxy) is 1. The molecule has 3 aromatic rings. The number of halogens is 1. The first-order chi connectivity index (χ1) is 15.8. The fourth-order valence-corrected chi connectivity index (χ4v) is 4.58. The summed E-state index contributed by atoms with van der Waals surface area (Å²) in [5.41, 5.74) is 0.501. The Morgan fingerprint density at radius 2 is 1.94 bits per heavy atom. The first kappa shape index (κ1) is 21.2. The van der Waals surface area contributed by atoms with Crippen molar-refractivity contribution in [2.45, 2.75) is 26.3 Å². The van der Waals surface area contributed by atoms with Crippen molar-refractivity contribution in [1.82, 2.24) is 14.5 Å². The zero-order valence-electron chi connectivity index (χ0n) is 18.4. The Labute approximate surface area is 189 Å². The van der Waals surface area contributed by atoms with E-state index in [0.29, 0.717) is 36.6 Å². The maximum Gasteiger partial charge on any atom is 0.341 e. The summed E-state index contributed by atoms with van der Waals surface area (Å²) in [5.74, 6) is -0.854. The molecule has 5 rings (SSSR count). The number of aromatic nitrogens is 3. The van der Waals surface area contributed by atoms with Crippen LogP contribution >= 0.6 is 0 Å². The minimum atomic E-state index is -1.33. The van der Waals surface area contributed by atoms with Gasteiger partial charge >= 0.3 is 5.97 Å². The molecule has 9 nitrogen and oxygen atoms in total. The van der Waals surface area contributed by atoms with Crippen LogP contribution in [0, 0.1) is 12.7 Å². The van der Waals surface area contributed by atoms with Crippen LogP contribution in [-0.4, -0.2) is 58.4 Å². The standard InChI is InChI=1S/C23H24FN5O4/c1-13-9-26-18(10-25-13)27-4-3-5-28(7-6-27)20-17(24)8-15-19-22(20)33-12-14(2)29(19)11-16(21(15)30)23(31)32/h8-11,14H,3-7,12H2,1-2H3,(H,31,32)/t14-/m0/s1. The molecule has 2 aliphatic heterocycles. The van der Waals surface area contributed by atoms with Crippen molar-refractivity contribution >= 4 is 28.4 Å². The average Bonchev–Trinajstić information content (AvgIpc) is 3.03. The molecule has 1 N–H and O–H groups in total. The third-order valence-corrected chi connectivity index (χ3v) is 6.28. The lowest BCUT2D eigenvalue weighted by atomic mass is 10.1. The highest BCUT2D eigenvalue weighted by atomic mass is 19.1. The van der Waals surface area contributed by atoms with Crippen LogP contribution in [0.3, 0.4) is 0 Å². The highest BCUT2D eigenvalue weighted by Crippen LogP contribution is 2.42. The highest BCUT2D eigenvalue weighted by Gasteiger charge is 2.31. The molecule has 0 radical (unpaired) electrons. The fraction of sp³-hybridized carbons (Fsp3) is 0.391. The zero-order valence-corrected chi connectivity index (χ0v) is 18.4. The minimum absolute atomic E-state index is 0.0177. The predicted molar refractivity (Wildman–Crippen MR) is 121 cm³/mol. The molecule has 33 heavy (non-hydrogen) atoms. The fourth-order valence-electron chi connectivity index (χ4n) is 4.58. The second-order valence-corrected chi connectivity index (χ2v) is 8.52. The summed E-state index contributed by atoms with van der Waals surface area (Å²) in [6.07, 6.45) is 5.58. The van der Waals surface area contributed by atoms with E-state index in [2.05, 4.69) is 14.9 Å². The molecule has 1 fully saturated rings. The Morgan fingerprint density at radius 1 is 1.18 bits per heavy atom. The molecular formula is C23H24FN5O4. The SMILES string of the molecule is Cc1cnc(N2CCCN(c3c(F)cc4c(=O)c(C(=O)O)cn5c4c3OC[C@@H]5C)CC2)cn1. The van der Waals surface area contributed by atoms with Gasteiger partial charge in [0, 0.05) is 32.4 Å². The second-order valence-electron chi connectivity index (χ2n) is 8.52. The average molecular weight is 453 g/mol. The van der Waals surface area contributed by atoms with E-state index in [1.807, 2.05) is 18.7 Å². The summed E-state index contributed by atoms with van der Waals surface area (Å²) in [6.45, 7) is 6.50. The number of pyridine rings is 1. The van der Waals surface area contributed by atoms with Gasteiger partial charge in [-0.2, -0.15) is 0 Å². The molecule has 2 aromatic heterocycles. The largest absolute Gasteiger partial charge is 0.487 e. The number of aromatic carboxylic acids is 1. The quantitative estimate of drug-likeness (QED) is 0.646. The van der Waals surface area contributed by atoms with E-state index in [1.54, 1.807) is 17.0 Å². The Morgan fingerprint density at radius 3 is 2.67 bits per heavy atom. The monoisotopic (exact) mass is 453 g/mol. The Hall–Kier alpha value is -3.69. The van der Waals surface area contributed by atoms with Gasteiger partial charge in [-0.05, 0) is 26.3 Å². The number of nitrogens with zero attached hydrogens (tertiary/aromatic N) is 5. The van der Waals surface area contributed by atoms with Crippen molar-refractivity contribution in [3.63, 3.8) is 0 Å². The van der Waals surface area contributed by atoms with Gasteiger partial charge in [0.1, 0.15) is 23.7 Å². The number of benzene rings is 1. The summed E-state index contributed by atoms with van der Waals surface area (Å²) >= 11 is 0. The Bertz CT molecular complexity index is 1310. The van der Waals surface area contributed by atoms with Gasteiger partial charge < -0.3 is 24.2 Å². The smallest absolute Gasteiger partial charge is 0.341 e. The Balaban J connectivity index is 1.57. The van der Waals surface area contributed by atoms with Gasteiger partial charge in [0.15, 0.2) is 11.6 Å². The van der Waals surface area contributed by atoms with Crippen LogP contribution in [0.2, 0.25) is 0 Å². The summed E-state index contributed by atoms with van der Waals surface area (Å²) in [5, 5.41) is 9.47. The van der Waals surface area contributed by atoms with E-state index in [-0.39, 0.29) is 23.6 Å². The summed E-state index contributed by atoms with van der Waals surface area (Å²) in [6, 6.07) is 0.950. The number of carboxylic acids is 1. The molecular weight excluding hydrogens is 429 g/mol. The number of aryl methyl sites for hydroxylation is 1. The lowest BCUT2D eigenvalue weighted by Gasteiger charge is -2.32. The maximum atomic E-state index is 15.5. The van der Waals surface area contributed by atoms with Crippen LogP contribution in [0.4, 0.5) is 15.9 Å². The minimum Gasteiger partial charge on any atom is -0.487 e.